The Morgan fingerprint density at radius 3 is 2.72 bits per heavy atom. The topological polar surface area (TPSA) is 71.3 Å². The highest BCUT2D eigenvalue weighted by molar-refractivity contribution is 9.10. The predicted octanol–water partition coefficient (Wildman–Crippen LogP) is 1.72. The normalized spacial score (nSPS) is 12.2. The van der Waals surface area contributed by atoms with Crippen molar-refractivity contribution in [3.63, 3.8) is 0 Å². The molecule has 7 heteroatoms. The minimum absolute atomic E-state index is 0.378. The first-order valence-corrected chi connectivity index (χ1v) is 7.49. The number of hydrogen-bond donors (Lipinski definition) is 2. The zero-order chi connectivity index (χ0) is 13.7. The van der Waals surface area contributed by atoms with Crippen LogP contribution in [0.3, 0.4) is 0 Å². The standard InChI is InChI=1S/C11H15BrN2O3S/c1-14-6-7(12)5-9(14)10(15)13-8(11(16)17)3-4-18-2/h5-6,8H,3-4H2,1-2H3,(H,13,15)(H,16,17)/t8-/m0/s1. The number of thioether (sulfide) groups is 1. The molecule has 5 nitrogen and oxygen atoms in total. The van der Waals surface area contributed by atoms with Gasteiger partial charge >= 0.3 is 5.97 Å². The van der Waals surface area contributed by atoms with Crippen LogP contribution in [0.25, 0.3) is 0 Å². The Balaban J connectivity index is 2.72. The van der Waals surface area contributed by atoms with Crippen LogP contribution in [-0.4, -0.2) is 39.6 Å². The molecule has 100 valence electrons. The van der Waals surface area contributed by atoms with E-state index in [1.54, 1.807) is 35.6 Å². The Morgan fingerprint density at radius 1 is 1.61 bits per heavy atom. The zero-order valence-electron chi connectivity index (χ0n) is 10.1. The van der Waals surface area contributed by atoms with Gasteiger partial charge in [-0.3, -0.25) is 4.79 Å². The average molecular weight is 335 g/mol. The molecule has 1 heterocycles. The number of rotatable bonds is 6. The van der Waals surface area contributed by atoms with Crippen LogP contribution in [0.15, 0.2) is 16.7 Å². The molecule has 1 aromatic rings. The van der Waals surface area contributed by atoms with Gasteiger partial charge in [-0.15, -0.1) is 0 Å². The van der Waals surface area contributed by atoms with E-state index < -0.39 is 12.0 Å². The number of carboxylic acid groups (broad SMARTS) is 1. The van der Waals surface area contributed by atoms with E-state index in [2.05, 4.69) is 21.2 Å². The molecular formula is C11H15BrN2O3S. The fourth-order valence-corrected chi connectivity index (χ4v) is 2.47. The van der Waals surface area contributed by atoms with E-state index in [0.29, 0.717) is 17.9 Å². The molecule has 0 radical (unpaired) electrons. The molecule has 1 aromatic heterocycles. The highest BCUT2D eigenvalue weighted by atomic mass is 79.9. The van der Waals surface area contributed by atoms with Crippen LogP contribution in [0, 0.1) is 0 Å². The van der Waals surface area contributed by atoms with E-state index in [1.807, 2.05) is 6.26 Å². The Morgan fingerprint density at radius 2 is 2.28 bits per heavy atom. The van der Waals surface area contributed by atoms with Gasteiger partial charge in [0.2, 0.25) is 0 Å². The number of carbonyl (C=O) groups is 2. The van der Waals surface area contributed by atoms with Gasteiger partial charge in [-0.25, -0.2) is 4.79 Å². The number of carboxylic acids is 1. The second-order valence-corrected chi connectivity index (χ2v) is 5.70. The quantitative estimate of drug-likeness (QED) is 0.830. The second kappa shape index (κ2) is 6.84. The molecule has 1 rings (SSSR count). The lowest BCUT2D eigenvalue weighted by molar-refractivity contribution is -0.139. The van der Waals surface area contributed by atoms with Crippen molar-refractivity contribution in [2.24, 2.45) is 7.05 Å². The first-order valence-electron chi connectivity index (χ1n) is 5.30. The molecule has 18 heavy (non-hydrogen) atoms. The van der Waals surface area contributed by atoms with Crippen LogP contribution < -0.4 is 5.32 Å². The molecular weight excluding hydrogens is 320 g/mol. The van der Waals surface area contributed by atoms with Crippen molar-refractivity contribution in [3.05, 3.63) is 22.4 Å². The van der Waals surface area contributed by atoms with E-state index >= 15 is 0 Å². The van der Waals surface area contributed by atoms with Gasteiger partial charge in [0, 0.05) is 17.7 Å². The van der Waals surface area contributed by atoms with Gasteiger partial charge in [0.15, 0.2) is 0 Å². The van der Waals surface area contributed by atoms with Crippen LogP contribution in [-0.2, 0) is 11.8 Å². The molecule has 0 fully saturated rings. The number of halogens is 1. The summed E-state index contributed by atoms with van der Waals surface area (Å²) in [4.78, 5) is 23.0. The summed E-state index contributed by atoms with van der Waals surface area (Å²) in [6.07, 6.45) is 4.05. The maximum atomic E-state index is 11.9. The Bertz CT molecular complexity index is 447. The van der Waals surface area contributed by atoms with Crippen LogP contribution in [0.4, 0.5) is 0 Å². The third-order valence-electron chi connectivity index (χ3n) is 2.42. The summed E-state index contributed by atoms with van der Waals surface area (Å²) in [5.74, 6) is -0.698. The molecule has 0 aliphatic rings. The number of nitrogens with zero attached hydrogens (tertiary/aromatic N) is 1. The number of hydrogen-bond acceptors (Lipinski definition) is 3. The van der Waals surface area contributed by atoms with E-state index in [9.17, 15) is 9.59 Å². The van der Waals surface area contributed by atoms with Crippen molar-refractivity contribution in [2.45, 2.75) is 12.5 Å². The lowest BCUT2D eigenvalue weighted by atomic mass is 10.2. The zero-order valence-corrected chi connectivity index (χ0v) is 12.5. The lowest BCUT2D eigenvalue weighted by Crippen LogP contribution is -2.41. The number of aromatic nitrogens is 1. The highest BCUT2D eigenvalue weighted by Crippen LogP contribution is 2.14. The number of aliphatic carboxylic acids is 1. The fraction of sp³-hybridized carbons (Fsp3) is 0.455. The number of carbonyl (C=O) groups excluding carboxylic acids is 1. The minimum Gasteiger partial charge on any atom is -0.480 e. The Labute approximate surface area is 118 Å². The molecule has 1 atom stereocenters. The summed E-state index contributed by atoms with van der Waals surface area (Å²) in [6.45, 7) is 0. The molecule has 1 amide bonds. The van der Waals surface area contributed by atoms with Gasteiger partial charge in [0.25, 0.3) is 5.91 Å². The maximum absolute atomic E-state index is 11.9. The third-order valence-corrected chi connectivity index (χ3v) is 3.50. The lowest BCUT2D eigenvalue weighted by Gasteiger charge is -2.14. The highest BCUT2D eigenvalue weighted by Gasteiger charge is 2.21. The fourth-order valence-electron chi connectivity index (χ4n) is 1.48. The molecule has 0 aromatic carbocycles. The third kappa shape index (κ3) is 4.06. The van der Waals surface area contributed by atoms with Gasteiger partial charge < -0.3 is 15.0 Å². The Hall–Kier alpha value is -0.950. The van der Waals surface area contributed by atoms with Crippen molar-refractivity contribution in [3.8, 4) is 0 Å². The largest absolute Gasteiger partial charge is 0.480 e. The molecule has 0 spiro atoms. The van der Waals surface area contributed by atoms with E-state index in [1.165, 1.54) is 0 Å². The summed E-state index contributed by atoms with van der Waals surface area (Å²) >= 11 is 4.82. The monoisotopic (exact) mass is 334 g/mol. The Kier molecular flexibility index (Phi) is 5.74. The summed E-state index contributed by atoms with van der Waals surface area (Å²) in [7, 11) is 1.73. The van der Waals surface area contributed by atoms with Crippen molar-refractivity contribution >= 4 is 39.6 Å². The van der Waals surface area contributed by atoms with Gasteiger partial charge in [-0.1, -0.05) is 0 Å². The number of aryl methyl sites for hydroxylation is 1. The molecule has 0 saturated carbocycles. The molecule has 0 saturated heterocycles. The SMILES string of the molecule is CSCC[C@H](NC(=O)c1cc(Br)cn1C)C(=O)O. The first kappa shape index (κ1) is 15.1. The predicted molar refractivity (Wildman–Crippen MR) is 75.0 cm³/mol. The van der Waals surface area contributed by atoms with Crippen molar-refractivity contribution in [1.82, 2.24) is 9.88 Å². The summed E-state index contributed by atoms with van der Waals surface area (Å²) in [5, 5.41) is 11.6. The number of amides is 1. The van der Waals surface area contributed by atoms with Crippen molar-refractivity contribution in [2.75, 3.05) is 12.0 Å². The minimum atomic E-state index is -1.01. The van der Waals surface area contributed by atoms with Crippen LogP contribution in [0.2, 0.25) is 0 Å². The summed E-state index contributed by atoms with van der Waals surface area (Å²) in [6, 6.07) is 0.807. The molecule has 0 aliphatic heterocycles. The van der Waals surface area contributed by atoms with E-state index in [0.717, 1.165) is 4.47 Å². The van der Waals surface area contributed by atoms with Gasteiger partial charge in [0.05, 0.1) is 0 Å². The number of nitrogens with one attached hydrogen (secondary N) is 1. The van der Waals surface area contributed by atoms with Crippen LogP contribution in [0.1, 0.15) is 16.9 Å². The smallest absolute Gasteiger partial charge is 0.326 e. The van der Waals surface area contributed by atoms with Crippen LogP contribution in [0.5, 0.6) is 0 Å². The summed E-state index contributed by atoms with van der Waals surface area (Å²) < 4.78 is 2.43. The van der Waals surface area contributed by atoms with E-state index in [-0.39, 0.29) is 5.91 Å². The van der Waals surface area contributed by atoms with Gasteiger partial charge in [-0.05, 0) is 40.4 Å². The van der Waals surface area contributed by atoms with Crippen molar-refractivity contribution < 1.29 is 14.7 Å². The van der Waals surface area contributed by atoms with Gasteiger partial charge in [0.1, 0.15) is 11.7 Å². The second-order valence-electron chi connectivity index (χ2n) is 3.80. The van der Waals surface area contributed by atoms with E-state index in [4.69, 9.17) is 5.11 Å². The first-order chi connectivity index (χ1) is 8.45. The molecule has 0 aliphatic carbocycles. The average Bonchev–Trinajstić information content (AvgIpc) is 2.63. The van der Waals surface area contributed by atoms with Crippen LogP contribution >= 0.6 is 27.7 Å². The van der Waals surface area contributed by atoms with Crippen molar-refractivity contribution in [1.29, 1.82) is 0 Å². The summed E-state index contributed by atoms with van der Waals surface area (Å²) in [5.41, 5.74) is 0.428. The van der Waals surface area contributed by atoms with Gasteiger partial charge in [-0.2, -0.15) is 11.8 Å². The molecule has 2 N–H and O–H groups in total. The molecule has 0 bridgehead atoms. The maximum Gasteiger partial charge on any atom is 0.326 e. The molecule has 0 unspecified atom stereocenters.